The second-order valence-electron chi connectivity index (χ2n) is 4.76. The number of rotatable bonds is 6. The van der Waals surface area contributed by atoms with E-state index in [1.165, 1.54) is 12.1 Å². The molecule has 2 rings (SSSR count). The molecule has 2 N–H and O–H groups in total. The highest BCUT2D eigenvalue weighted by Crippen LogP contribution is 2.22. The van der Waals surface area contributed by atoms with Crippen LogP contribution >= 0.6 is 11.3 Å². The molecule has 3 nitrogen and oxygen atoms in total. The highest BCUT2D eigenvalue weighted by molar-refractivity contribution is 7.09. The lowest BCUT2D eigenvalue weighted by molar-refractivity contribution is 0.169. The van der Waals surface area contributed by atoms with Gasteiger partial charge in [-0.2, -0.15) is 0 Å². The Kier molecular flexibility index (Phi) is 5.23. The fraction of sp³-hybridized carbons (Fsp3) is 0.400. The molecule has 1 aromatic heterocycles. The summed E-state index contributed by atoms with van der Waals surface area (Å²) in [7, 11) is 0. The van der Waals surface area contributed by atoms with E-state index >= 15 is 0 Å². The van der Waals surface area contributed by atoms with Gasteiger partial charge in [0.2, 0.25) is 0 Å². The first kappa shape index (κ1) is 15.1. The van der Waals surface area contributed by atoms with Crippen molar-refractivity contribution in [1.29, 1.82) is 0 Å². The number of thiazole rings is 1. The molecular formula is C15H19FN2OS. The van der Waals surface area contributed by atoms with Crippen LogP contribution in [0.4, 0.5) is 4.39 Å². The fourth-order valence-electron chi connectivity index (χ4n) is 2.00. The van der Waals surface area contributed by atoms with Gasteiger partial charge in [0.05, 0.1) is 12.1 Å². The third kappa shape index (κ3) is 3.85. The van der Waals surface area contributed by atoms with Crippen molar-refractivity contribution in [1.82, 2.24) is 10.3 Å². The predicted octanol–water partition coefficient (Wildman–Crippen LogP) is 3.36. The Hall–Kier alpha value is -1.30. The molecule has 2 aromatic rings. The number of hydrogen-bond donors (Lipinski definition) is 2. The molecule has 0 bridgehead atoms. The molecule has 0 amide bonds. The van der Waals surface area contributed by atoms with Gasteiger partial charge in [0, 0.05) is 17.6 Å². The summed E-state index contributed by atoms with van der Waals surface area (Å²) >= 11 is 1.63. The monoisotopic (exact) mass is 294 g/mol. The van der Waals surface area contributed by atoms with Crippen LogP contribution in [-0.2, 0) is 0 Å². The molecule has 1 aromatic carbocycles. The molecule has 5 heteroatoms. The zero-order valence-electron chi connectivity index (χ0n) is 11.6. The van der Waals surface area contributed by atoms with Gasteiger partial charge in [-0.25, -0.2) is 9.37 Å². The van der Waals surface area contributed by atoms with Gasteiger partial charge in [0.25, 0.3) is 0 Å². The number of benzene rings is 1. The molecule has 0 saturated carbocycles. The average Bonchev–Trinajstić information content (AvgIpc) is 2.86. The molecule has 1 heterocycles. The van der Waals surface area contributed by atoms with Crippen LogP contribution in [0, 0.1) is 12.7 Å². The van der Waals surface area contributed by atoms with Crippen LogP contribution < -0.4 is 5.32 Å². The lowest BCUT2D eigenvalue weighted by Crippen LogP contribution is -2.26. The maximum atomic E-state index is 12.8. The highest BCUT2D eigenvalue weighted by Gasteiger charge is 2.15. The minimum absolute atomic E-state index is 0.142. The quantitative estimate of drug-likeness (QED) is 0.858. The second-order valence-corrected chi connectivity index (χ2v) is 5.65. The zero-order valence-corrected chi connectivity index (χ0v) is 12.5. The number of nitrogens with one attached hydrogen (secondary N) is 1. The summed E-state index contributed by atoms with van der Waals surface area (Å²) < 4.78 is 12.8. The highest BCUT2D eigenvalue weighted by atomic mass is 32.1. The zero-order chi connectivity index (χ0) is 14.5. The van der Waals surface area contributed by atoms with Crippen molar-refractivity contribution in [2.45, 2.75) is 32.4 Å². The Labute approximate surface area is 122 Å². The van der Waals surface area contributed by atoms with Gasteiger partial charge >= 0.3 is 0 Å². The standard InChI is InChI=1S/C15H19FN2OS/c1-3-13(15-18-10(2)9-20-15)17-8-14(19)11-4-6-12(16)7-5-11/h4-7,9,13-14,17,19H,3,8H2,1-2H3/t13-,14+/m1/s1. The topological polar surface area (TPSA) is 45.1 Å². The number of aryl methyl sites for hydroxylation is 1. The Morgan fingerprint density at radius 1 is 1.35 bits per heavy atom. The molecular weight excluding hydrogens is 275 g/mol. The maximum Gasteiger partial charge on any atom is 0.123 e. The van der Waals surface area contributed by atoms with Crippen LogP contribution in [0.2, 0.25) is 0 Å². The minimum Gasteiger partial charge on any atom is -0.387 e. The average molecular weight is 294 g/mol. The third-order valence-corrected chi connectivity index (χ3v) is 4.23. The van der Waals surface area contributed by atoms with Crippen molar-refractivity contribution in [3.63, 3.8) is 0 Å². The Bertz CT molecular complexity index is 541. The smallest absolute Gasteiger partial charge is 0.123 e. The van der Waals surface area contributed by atoms with Crippen LogP contribution in [0.25, 0.3) is 0 Å². The number of hydrogen-bond acceptors (Lipinski definition) is 4. The number of halogens is 1. The number of nitrogens with zero attached hydrogens (tertiary/aromatic N) is 1. The molecule has 2 atom stereocenters. The van der Waals surface area contributed by atoms with Crippen molar-refractivity contribution in [3.05, 3.63) is 51.7 Å². The lowest BCUT2D eigenvalue weighted by Gasteiger charge is -2.18. The van der Waals surface area contributed by atoms with Crippen LogP contribution in [0.5, 0.6) is 0 Å². The summed E-state index contributed by atoms with van der Waals surface area (Å²) in [5, 5.41) is 16.5. The van der Waals surface area contributed by atoms with Crippen molar-refractivity contribution < 1.29 is 9.50 Å². The molecule has 0 aliphatic heterocycles. The van der Waals surface area contributed by atoms with E-state index in [0.717, 1.165) is 17.1 Å². The summed E-state index contributed by atoms with van der Waals surface area (Å²) in [6, 6.07) is 6.08. The fourth-order valence-corrected chi connectivity index (χ4v) is 2.95. The number of aliphatic hydroxyl groups is 1. The molecule has 0 radical (unpaired) electrons. The van der Waals surface area contributed by atoms with E-state index in [1.807, 2.05) is 12.3 Å². The van der Waals surface area contributed by atoms with E-state index in [0.29, 0.717) is 12.1 Å². The molecule has 0 aliphatic rings. The first-order valence-electron chi connectivity index (χ1n) is 6.69. The second kappa shape index (κ2) is 6.92. The van der Waals surface area contributed by atoms with Crippen molar-refractivity contribution >= 4 is 11.3 Å². The summed E-state index contributed by atoms with van der Waals surface area (Å²) in [5.41, 5.74) is 1.73. The molecule has 0 spiro atoms. The van der Waals surface area contributed by atoms with E-state index in [1.54, 1.807) is 23.5 Å². The number of aromatic nitrogens is 1. The summed E-state index contributed by atoms with van der Waals surface area (Å²) in [4.78, 5) is 4.47. The first-order chi connectivity index (χ1) is 9.60. The molecule has 20 heavy (non-hydrogen) atoms. The molecule has 0 unspecified atom stereocenters. The predicted molar refractivity (Wildman–Crippen MR) is 79.2 cm³/mol. The lowest BCUT2D eigenvalue weighted by atomic mass is 10.1. The van der Waals surface area contributed by atoms with E-state index in [2.05, 4.69) is 17.2 Å². The van der Waals surface area contributed by atoms with E-state index < -0.39 is 6.10 Å². The number of aliphatic hydroxyl groups excluding tert-OH is 1. The molecule has 0 aliphatic carbocycles. The van der Waals surface area contributed by atoms with Gasteiger partial charge in [0.1, 0.15) is 10.8 Å². The Morgan fingerprint density at radius 2 is 2.05 bits per heavy atom. The van der Waals surface area contributed by atoms with Gasteiger partial charge < -0.3 is 10.4 Å². The van der Waals surface area contributed by atoms with Gasteiger partial charge in [-0.1, -0.05) is 19.1 Å². The molecule has 0 fully saturated rings. The van der Waals surface area contributed by atoms with E-state index in [9.17, 15) is 9.50 Å². The first-order valence-corrected chi connectivity index (χ1v) is 7.57. The van der Waals surface area contributed by atoms with E-state index in [-0.39, 0.29) is 11.9 Å². The van der Waals surface area contributed by atoms with Crippen LogP contribution in [0.15, 0.2) is 29.6 Å². The Morgan fingerprint density at radius 3 is 2.60 bits per heavy atom. The van der Waals surface area contributed by atoms with Gasteiger partial charge in [-0.15, -0.1) is 11.3 Å². The van der Waals surface area contributed by atoms with E-state index in [4.69, 9.17) is 0 Å². The largest absolute Gasteiger partial charge is 0.387 e. The molecule has 108 valence electrons. The third-order valence-electron chi connectivity index (χ3n) is 3.16. The maximum absolute atomic E-state index is 12.8. The van der Waals surface area contributed by atoms with Crippen LogP contribution in [0.1, 0.15) is 41.8 Å². The van der Waals surface area contributed by atoms with Gasteiger partial charge in [-0.3, -0.25) is 0 Å². The van der Waals surface area contributed by atoms with Crippen molar-refractivity contribution in [3.8, 4) is 0 Å². The van der Waals surface area contributed by atoms with Crippen molar-refractivity contribution in [2.24, 2.45) is 0 Å². The SMILES string of the molecule is CC[C@@H](NC[C@H](O)c1ccc(F)cc1)c1nc(C)cs1. The summed E-state index contributed by atoms with van der Waals surface area (Å²) in [6.45, 7) is 4.47. The Balaban J connectivity index is 1.94. The molecule has 0 saturated heterocycles. The van der Waals surface area contributed by atoms with Crippen molar-refractivity contribution in [2.75, 3.05) is 6.54 Å². The van der Waals surface area contributed by atoms with Crippen LogP contribution in [0.3, 0.4) is 0 Å². The van der Waals surface area contributed by atoms with Crippen LogP contribution in [-0.4, -0.2) is 16.6 Å². The summed E-state index contributed by atoms with van der Waals surface area (Å²) in [5.74, 6) is -0.293. The normalized spacial score (nSPS) is 14.2. The van der Waals surface area contributed by atoms with Gasteiger partial charge in [-0.05, 0) is 31.0 Å². The minimum atomic E-state index is -0.647. The summed E-state index contributed by atoms with van der Waals surface area (Å²) in [6.07, 6.45) is 0.258. The van der Waals surface area contributed by atoms with Gasteiger partial charge in [0.15, 0.2) is 0 Å².